The number of aliphatic hydroxyl groups is 1. The van der Waals surface area contributed by atoms with Crippen molar-refractivity contribution in [3.05, 3.63) is 0 Å². The van der Waals surface area contributed by atoms with E-state index in [4.69, 9.17) is 5.11 Å². The average Bonchev–Trinajstić information content (AvgIpc) is 2.33. The second-order valence-electron chi connectivity index (χ2n) is 4.81. The van der Waals surface area contributed by atoms with E-state index in [-0.39, 0.29) is 12.6 Å². The van der Waals surface area contributed by atoms with Crippen molar-refractivity contribution in [2.24, 2.45) is 0 Å². The summed E-state index contributed by atoms with van der Waals surface area (Å²) in [7, 11) is 0. The molecule has 0 aromatic carbocycles. The zero-order chi connectivity index (χ0) is 14.5. The summed E-state index contributed by atoms with van der Waals surface area (Å²) in [6.45, 7) is 1.84. The number of carboxylic acid groups (broad SMARTS) is 1. The van der Waals surface area contributed by atoms with Gasteiger partial charge in [-0.15, -0.1) is 0 Å². The number of likely N-dealkylation sites (tertiary alicyclic amines) is 1. The Morgan fingerprint density at radius 1 is 1.16 bits per heavy atom. The van der Waals surface area contributed by atoms with Crippen LogP contribution in [0.15, 0.2) is 0 Å². The van der Waals surface area contributed by atoms with Gasteiger partial charge in [0.15, 0.2) is 0 Å². The van der Waals surface area contributed by atoms with Gasteiger partial charge >= 0.3 is 12.0 Å². The number of piperidine rings is 1. The van der Waals surface area contributed by atoms with Crippen LogP contribution in [0.1, 0.15) is 19.8 Å². The van der Waals surface area contributed by atoms with Crippen molar-refractivity contribution in [3.63, 3.8) is 0 Å². The average molecular weight is 273 g/mol. The van der Waals surface area contributed by atoms with Gasteiger partial charge in [0.25, 0.3) is 0 Å². The van der Waals surface area contributed by atoms with Crippen LogP contribution in [0.3, 0.4) is 0 Å². The SMILES string of the molecule is CC1(O)CCN(C(=O)NCC(=O)NCC(=O)O)CC1. The summed E-state index contributed by atoms with van der Waals surface area (Å²) in [6.07, 6.45) is 0.983. The molecule has 1 aliphatic rings. The molecule has 0 radical (unpaired) electrons. The van der Waals surface area contributed by atoms with Gasteiger partial charge in [-0.2, -0.15) is 0 Å². The summed E-state index contributed by atoms with van der Waals surface area (Å²) in [4.78, 5) is 34.6. The first kappa shape index (κ1) is 15.2. The Kier molecular flexibility index (Phi) is 5.11. The molecule has 1 rings (SSSR count). The van der Waals surface area contributed by atoms with Crippen LogP contribution in [0.5, 0.6) is 0 Å². The predicted octanol–water partition coefficient (Wildman–Crippen LogP) is -1.26. The molecule has 4 N–H and O–H groups in total. The minimum atomic E-state index is -1.14. The molecule has 1 heterocycles. The monoisotopic (exact) mass is 273 g/mol. The Bertz CT molecular complexity index is 359. The fourth-order valence-electron chi connectivity index (χ4n) is 1.70. The van der Waals surface area contributed by atoms with Crippen LogP contribution in [0.2, 0.25) is 0 Å². The molecule has 108 valence electrons. The molecule has 0 atom stereocenters. The van der Waals surface area contributed by atoms with Crippen molar-refractivity contribution >= 4 is 17.9 Å². The number of aliphatic carboxylic acids is 1. The number of hydrogen-bond donors (Lipinski definition) is 4. The predicted molar refractivity (Wildman–Crippen MR) is 65.5 cm³/mol. The number of rotatable bonds is 4. The van der Waals surface area contributed by atoms with Crippen LogP contribution >= 0.6 is 0 Å². The molecule has 19 heavy (non-hydrogen) atoms. The lowest BCUT2D eigenvalue weighted by Gasteiger charge is -2.35. The number of nitrogens with one attached hydrogen (secondary N) is 2. The van der Waals surface area contributed by atoms with Crippen molar-refractivity contribution < 1.29 is 24.6 Å². The van der Waals surface area contributed by atoms with Crippen LogP contribution in [0.25, 0.3) is 0 Å². The molecule has 0 saturated carbocycles. The zero-order valence-electron chi connectivity index (χ0n) is 10.8. The first-order valence-corrected chi connectivity index (χ1v) is 6.04. The van der Waals surface area contributed by atoms with Gasteiger partial charge in [0, 0.05) is 13.1 Å². The fraction of sp³-hybridized carbons (Fsp3) is 0.727. The third-order valence-electron chi connectivity index (χ3n) is 2.96. The molecule has 0 aliphatic carbocycles. The number of nitrogens with zero attached hydrogens (tertiary/aromatic N) is 1. The van der Waals surface area contributed by atoms with Crippen molar-refractivity contribution in [2.45, 2.75) is 25.4 Å². The lowest BCUT2D eigenvalue weighted by molar-refractivity contribution is -0.137. The third-order valence-corrected chi connectivity index (χ3v) is 2.96. The highest BCUT2D eigenvalue weighted by atomic mass is 16.4. The summed E-state index contributed by atoms with van der Waals surface area (Å²) in [6, 6.07) is -0.388. The molecule has 0 bridgehead atoms. The Morgan fingerprint density at radius 2 is 1.74 bits per heavy atom. The van der Waals surface area contributed by atoms with Gasteiger partial charge in [-0.3, -0.25) is 9.59 Å². The number of carbonyl (C=O) groups excluding carboxylic acids is 2. The van der Waals surface area contributed by atoms with Gasteiger partial charge in [0.1, 0.15) is 6.54 Å². The van der Waals surface area contributed by atoms with Gasteiger partial charge < -0.3 is 25.7 Å². The lowest BCUT2D eigenvalue weighted by Crippen LogP contribution is -2.50. The summed E-state index contributed by atoms with van der Waals surface area (Å²) < 4.78 is 0. The quantitative estimate of drug-likeness (QED) is 0.510. The number of hydrogen-bond acceptors (Lipinski definition) is 4. The number of carboxylic acids is 1. The number of amides is 3. The topological polar surface area (TPSA) is 119 Å². The minimum Gasteiger partial charge on any atom is -0.480 e. The van der Waals surface area contributed by atoms with Crippen LogP contribution in [-0.4, -0.2) is 64.8 Å². The molecule has 3 amide bonds. The molecule has 1 saturated heterocycles. The molecule has 0 spiro atoms. The summed E-state index contributed by atoms with van der Waals surface area (Å²) in [5, 5.41) is 22.6. The van der Waals surface area contributed by atoms with Crippen LogP contribution in [0.4, 0.5) is 4.79 Å². The Labute approximate surface area is 110 Å². The van der Waals surface area contributed by atoms with Gasteiger partial charge in [-0.25, -0.2) is 4.79 Å². The van der Waals surface area contributed by atoms with Crippen LogP contribution in [0, 0.1) is 0 Å². The largest absolute Gasteiger partial charge is 0.480 e. The second-order valence-corrected chi connectivity index (χ2v) is 4.81. The summed E-state index contributed by atoms with van der Waals surface area (Å²) in [5.41, 5.74) is -0.740. The van der Waals surface area contributed by atoms with E-state index in [1.807, 2.05) is 0 Å². The van der Waals surface area contributed by atoms with E-state index >= 15 is 0 Å². The maximum Gasteiger partial charge on any atom is 0.322 e. The van der Waals surface area contributed by atoms with Gasteiger partial charge in [0.2, 0.25) is 5.91 Å². The number of carbonyl (C=O) groups is 3. The summed E-state index contributed by atoms with van der Waals surface area (Å²) >= 11 is 0. The Hall–Kier alpha value is -1.83. The van der Waals surface area contributed by atoms with Gasteiger partial charge in [-0.05, 0) is 19.8 Å². The van der Waals surface area contributed by atoms with Crippen molar-refractivity contribution in [2.75, 3.05) is 26.2 Å². The van der Waals surface area contributed by atoms with Gasteiger partial charge in [0.05, 0.1) is 12.1 Å². The lowest BCUT2D eigenvalue weighted by atomic mass is 9.94. The zero-order valence-corrected chi connectivity index (χ0v) is 10.8. The molecule has 0 aromatic rings. The molecule has 1 aliphatic heterocycles. The van der Waals surface area contributed by atoms with E-state index in [9.17, 15) is 19.5 Å². The van der Waals surface area contributed by atoms with E-state index in [2.05, 4.69) is 10.6 Å². The van der Waals surface area contributed by atoms with Crippen LogP contribution in [-0.2, 0) is 9.59 Å². The van der Waals surface area contributed by atoms with E-state index in [0.29, 0.717) is 25.9 Å². The van der Waals surface area contributed by atoms with Crippen molar-refractivity contribution in [1.82, 2.24) is 15.5 Å². The maximum absolute atomic E-state index is 11.7. The molecule has 8 heteroatoms. The Morgan fingerprint density at radius 3 is 2.26 bits per heavy atom. The molecule has 1 fully saturated rings. The first-order valence-electron chi connectivity index (χ1n) is 6.04. The molecule has 0 aromatic heterocycles. The van der Waals surface area contributed by atoms with Crippen molar-refractivity contribution in [3.8, 4) is 0 Å². The van der Waals surface area contributed by atoms with Crippen LogP contribution < -0.4 is 10.6 Å². The molecular weight excluding hydrogens is 254 g/mol. The Balaban J connectivity index is 2.24. The molecule has 0 unspecified atom stereocenters. The van der Waals surface area contributed by atoms with E-state index in [1.165, 1.54) is 4.90 Å². The van der Waals surface area contributed by atoms with E-state index < -0.39 is 24.0 Å². The maximum atomic E-state index is 11.7. The minimum absolute atomic E-state index is 0.265. The smallest absolute Gasteiger partial charge is 0.322 e. The number of urea groups is 1. The third kappa shape index (κ3) is 5.56. The highest BCUT2D eigenvalue weighted by molar-refractivity contribution is 5.86. The molecule has 8 nitrogen and oxygen atoms in total. The summed E-state index contributed by atoms with van der Waals surface area (Å²) in [5.74, 6) is -1.70. The van der Waals surface area contributed by atoms with E-state index in [0.717, 1.165) is 0 Å². The van der Waals surface area contributed by atoms with Crippen molar-refractivity contribution in [1.29, 1.82) is 0 Å². The van der Waals surface area contributed by atoms with E-state index in [1.54, 1.807) is 6.92 Å². The van der Waals surface area contributed by atoms with Gasteiger partial charge in [-0.1, -0.05) is 0 Å². The fourth-order valence-corrected chi connectivity index (χ4v) is 1.70. The highest BCUT2D eigenvalue weighted by Gasteiger charge is 2.29. The molecular formula is C11H19N3O5. The normalized spacial score (nSPS) is 17.7. The first-order chi connectivity index (χ1) is 8.80. The standard InChI is InChI=1S/C11H19N3O5/c1-11(19)2-4-14(5-3-11)10(18)13-6-8(15)12-7-9(16)17/h19H,2-7H2,1H3,(H,12,15)(H,13,18)(H,16,17). The second kappa shape index (κ2) is 6.37. The highest BCUT2D eigenvalue weighted by Crippen LogP contribution is 2.20.